The Morgan fingerprint density at radius 1 is 1.17 bits per heavy atom. The molecule has 3 rings (SSSR count). The predicted octanol–water partition coefficient (Wildman–Crippen LogP) is 2.18. The maximum atomic E-state index is 12.9. The predicted molar refractivity (Wildman–Crippen MR) is 84.1 cm³/mol. The minimum absolute atomic E-state index is 0.0490. The Bertz CT molecular complexity index is 757. The number of sulfonamides is 1. The van der Waals surface area contributed by atoms with E-state index in [4.69, 9.17) is 0 Å². The summed E-state index contributed by atoms with van der Waals surface area (Å²) >= 11 is 0. The van der Waals surface area contributed by atoms with Crippen LogP contribution in [0.4, 0.5) is 4.79 Å². The van der Waals surface area contributed by atoms with Crippen LogP contribution in [-0.4, -0.2) is 30.2 Å². The summed E-state index contributed by atoms with van der Waals surface area (Å²) in [6.45, 7) is 3.72. The van der Waals surface area contributed by atoms with Crippen LogP contribution in [0.1, 0.15) is 38.2 Å². The molecule has 1 aliphatic heterocycles. The van der Waals surface area contributed by atoms with Crippen molar-refractivity contribution in [1.82, 2.24) is 9.62 Å². The monoisotopic (exact) mass is 336 g/mol. The Labute approximate surface area is 135 Å². The van der Waals surface area contributed by atoms with E-state index >= 15 is 0 Å². The summed E-state index contributed by atoms with van der Waals surface area (Å²) in [4.78, 5) is 25.1. The summed E-state index contributed by atoms with van der Waals surface area (Å²) < 4.78 is 25.9. The molecule has 2 unspecified atom stereocenters. The molecule has 0 radical (unpaired) electrons. The lowest BCUT2D eigenvalue weighted by Gasteiger charge is -2.36. The van der Waals surface area contributed by atoms with Crippen molar-refractivity contribution in [3.05, 3.63) is 29.8 Å². The van der Waals surface area contributed by atoms with Gasteiger partial charge >= 0.3 is 6.03 Å². The standard InChI is InChI=1S/C16H20N2O4S/c1-11-6-8-13(9-7-11)23(21,22)18-14(19)16(17-15(18)20)10-4-3-5-12(16)2/h6-9,12H,3-5,10H2,1-2H3,(H,17,20). The van der Waals surface area contributed by atoms with Gasteiger partial charge in [-0.2, -0.15) is 0 Å². The zero-order valence-electron chi connectivity index (χ0n) is 13.2. The number of hydrogen-bond acceptors (Lipinski definition) is 4. The number of amides is 3. The average molecular weight is 336 g/mol. The Morgan fingerprint density at radius 3 is 2.43 bits per heavy atom. The van der Waals surface area contributed by atoms with E-state index in [1.54, 1.807) is 12.1 Å². The van der Waals surface area contributed by atoms with Crippen LogP contribution in [0.2, 0.25) is 0 Å². The Balaban J connectivity index is 2.01. The molecule has 1 aliphatic carbocycles. The van der Waals surface area contributed by atoms with Crippen molar-refractivity contribution in [3.8, 4) is 0 Å². The molecule has 2 atom stereocenters. The van der Waals surface area contributed by atoms with Gasteiger partial charge in [-0.3, -0.25) is 4.79 Å². The van der Waals surface area contributed by atoms with Gasteiger partial charge in [-0.15, -0.1) is 4.31 Å². The summed E-state index contributed by atoms with van der Waals surface area (Å²) in [7, 11) is -4.18. The lowest BCUT2D eigenvalue weighted by atomic mass is 9.74. The largest absolute Gasteiger partial charge is 0.339 e. The fourth-order valence-electron chi connectivity index (χ4n) is 3.45. The Morgan fingerprint density at radius 2 is 1.83 bits per heavy atom. The molecule has 6 nitrogen and oxygen atoms in total. The van der Waals surface area contributed by atoms with E-state index in [0.29, 0.717) is 10.7 Å². The quantitative estimate of drug-likeness (QED) is 0.839. The Hall–Kier alpha value is -1.89. The molecule has 7 heteroatoms. The summed E-state index contributed by atoms with van der Waals surface area (Å²) in [5, 5.41) is 2.66. The van der Waals surface area contributed by atoms with Gasteiger partial charge in [0.05, 0.1) is 4.90 Å². The molecule has 1 heterocycles. The first-order valence-electron chi connectivity index (χ1n) is 7.77. The molecule has 2 aliphatic rings. The highest BCUT2D eigenvalue weighted by Gasteiger charge is 2.58. The fourth-order valence-corrected chi connectivity index (χ4v) is 4.79. The number of carbonyl (C=O) groups is 2. The van der Waals surface area contributed by atoms with Crippen LogP contribution in [0.15, 0.2) is 29.2 Å². The maximum absolute atomic E-state index is 12.9. The van der Waals surface area contributed by atoms with E-state index in [-0.39, 0.29) is 10.8 Å². The minimum Gasteiger partial charge on any atom is -0.322 e. The number of carbonyl (C=O) groups excluding carboxylic acids is 2. The number of nitrogens with zero attached hydrogens (tertiary/aromatic N) is 1. The highest BCUT2D eigenvalue weighted by atomic mass is 32.2. The third-order valence-electron chi connectivity index (χ3n) is 4.94. The number of benzene rings is 1. The van der Waals surface area contributed by atoms with Crippen molar-refractivity contribution < 1.29 is 18.0 Å². The van der Waals surface area contributed by atoms with Crippen molar-refractivity contribution in [3.63, 3.8) is 0 Å². The molecule has 0 bridgehead atoms. The third kappa shape index (κ3) is 2.34. The van der Waals surface area contributed by atoms with Gasteiger partial charge in [0.25, 0.3) is 15.9 Å². The number of aryl methyl sites for hydroxylation is 1. The molecule has 3 amide bonds. The van der Waals surface area contributed by atoms with Gasteiger partial charge in [-0.05, 0) is 37.8 Å². The lowest BCUT2D eigenvalue weighted by Crippen LogP contribution is -2.54. The Kier molecular flexibility index (Phi) is 3.71. The van der Waals surface area contributed by atoms with Gasteiger partial charge in [0.15, 0.2) is 0 Å². The molecule has 1 aromatic carbocycles. The molecule has 1 saturated carbocycles. The van der Waals surface area contributed by atoms with Gasteiger partial charge in [0.1, 0.15) is 5.54 Å². The van der Waals surface area contributed by atoms with Crippen LogP contribution < -0.4 is 5.32 Å². The first-order chi connectivity index (χ1) is 10.8. The van der Waals surface area contributed by atoms with Gasteiger partial charge in [-0.1, -0.05) is 37.5 Å². The van der Waals surface area contributed by atoms with E-state index in [2.05, 4.69) is 5.32 Å². The van der Waals surface area contributed by atoms with Crippen LogP contribution in [0.5, 0.6) is 0 Å². The maximum Gasteiger partial charge on any atom is 0.339 e. The van der Waals surface area contributed by atoms with Gasteiger partial charge in [-0.25, -0.2) is 13.2 Å². The topological polar surface area (TPSA) is 83.6 Å². The second-order valence-corrected chi connectivity index (χ2v) is 8.22. The van der Waals surface area contributed by atoms with Gasteiger partial charge in [0, 0.05) is 0 Å². The summed E-state index contributed by atoms with van der Waals surface area (Å²) in [5.41, 5.74) is -0.175. The fraction of sp³-hybridized carbons (Fsp3) is 0.500. The first-order valence-corrected chi connectivity index (χ1v) is 9.21. The van der Waals surface area contributed by atoms with E-state index in [1.165, 1.54) is 12.1 Å². The molecule has 23 heavy (non-hydrogen) atoms. The lowest BCUT2D eigenvalue weighted by molar-refractivity contribution is -0.130. The van der Waals surface area contributed by atoms with E-state index < -0.39 is 27.5 Å². The molecule has 1 spiro atoms. The molecule has 2 fully saturated rings. The normalized spacial score (nSPS) is 28.3. The SMILES string of the molecule is Cc1ccc(S(=O)(=O)N2C(=O)NC3(CCCCC3C)C2=O)cc1. The van der Waals surface area contributed by atoms with Crippen molar-refractivity contribution in [2.75, 3.05) is 0 Å². The van der Waals surface area contributed by atoms with E-state index in [1.807, 2.05) is 13.8 Å². The molecule has 0 aromatic heterocycles. The smallest absolute Gasteiger partial charge is 0.322 e. The number of rotatable bonds is 2. The van der Waals surface area contributed by atoms with Crippen LogP contribution in [0.3, 0.4) is 0 Å². The zero-order chi connectivity index (χ0) is 16.8. The molecular formula is C16H20N2O4S. The van der Waals surface area contributed by atoms with Crippen LogP contribution >= 0.6 is 0 Å². The van der Waals surface area contributed by atoms with Gasteiger partial charge in [0.2, 0.25) is 0 Å². The summed E-state index contributed by atoms with van der Waals surface area (Å²) in [6.07, 6.45) is 3.06. The molecule has 1 saturated heterocycles. The number of urea groups is 1. The molecule has 124 valence electrons. The number of hydrogen-bond donors (Lipinski definition) is 1. The average Bonchev–Trinajstić information content (AvgIpc) is 2.75. The molecule has 1 N–H and O–H groups in total. The first kappa shape index (κ1) is 16.0. The van der Waals surface area contributed by atoms with Gasteiger partial charge < -0.3 is 5.32 Å². The highest BCUT2D eigenvalue weighted by Crippen LogP contribution is 2.39. The van der Waals surface area contributed by atoms with Crippen molar-refractivity contribution >= 4 is 22.0 Å². The van der Waals surface area contributed by atoms with Crippen LogP contribution in [0, 0.1) is 12.8 Å². The van der Waals surface area contributed by atoms with Crippen molar-refractivity contribution in [1.29, 1.82) is 0 Å². The van der Waals surface area contributed by atoms with E-state index in [0.717, 1.165) is 24.8 Å². The second-order valence-electron chi connectivity index (χ2n) is 6.44. The number of nitrogens with one attached hydrogen (secondary N) is 1. The summed E-state index contributed by atoms with van der Waals surface area (Å²) in [6, 6.07) is 5.28. The van der Waals surface area contributed by atoms with E-state index in [9.17, 15) is 18.0 Å². The molecule has 1 aromatic rings. The zero-order valence-corrected chi connectivity index (χ0v) is 14.0. The highest BCUT2D eigenvalue weighted by molar-refractivity contribution is 7.90. The van der Waals surface area contributed by atoms with Crippen LogP contribution in [-0.2, 0) is 14.8 Å². The second kappa shape index (κ2) is 5.33. The molecular weight excluding hydrogens is 316 g/mol. The summed E-state index contributed by atoms with van der Waals surface area (Å²) in [5.74, 6) is -0.721. The van der Waals surface area contributed by atoms with Crippen LogP contribution in [0.25, 0.3) is 0 Å². The minimum atomic E-state index is -4.18. The van der Waals surface area contributed by atoms with Crippen molar-refractivity contribution in [2.24, 2.45) is 5.92 Å². The van der Waals surface area contributed by atoms with Crippen molar-refractivity contribution in [2.45, 2.75) is 50.0 Å². The third-order valence-corrected chi connectivity index (χ3v) is 6.62. The number of imide groups is 1.